The van der Waals surface area contributed by atoms with Gasteiger partial charge in [-0.05, 0) is 32.7 Å². The summed E-state index contributed by atoms with van der Waals surface area (Å²) in [5, 5.41) is 3.44. The van der Waals surface area contributed by atoms with Gasteiger partial charge < -0.3 is 14.8 Å². The van der Waals surface area contributed by atoms with E-state index in [0.717, 1.165) is 32.8 Å². The van der Waals surface area contributed by atoms with Crippen molar-refractivity contribution in [2.75, 3.05) is 26.4 Å². The molecule has 1 N–H and O–H groups in total. The maximum absolute atomic E-state index is 5.61. The maximum Gasteiger partial charge on any atom is 0.0620 e. The first-order chi connectivity index (χ1) is 6.86. The minimum atomic E-state index is 0.458. The van der Waals surface area contributed by atoms with Crippen LogP contribution in [0.3, 0.4) is 0 Å². The summed E-state index contributed by atoms with van der Waals surface area (Å²) in [4.78, 5) is 0. The van der Waals surface area contributed by atoms with Crippen molar-refractivity contribution in [2.45, 2.75) is 45.3 Å². The van der Waals surface area contributed by atoms with Crippen LogP contribution in [0.15, 0.2) is 0 Å². The lowest BCUT2D eigenvalue weighted by atomic mass is 10.1. The van der Waals surface area contributed by atoms with E-state index in [2.05, 4.69) is 12.2 Å². The molecule has 1 rings (SSSR count). The SMILES string of the molecule is CCNC(COCC)CC1CCCO1. The van der Waals surface area contributed by atoms with Gasteiger partial charge in [0.15, 0.2) is 0 Å². The number of likely N-dealkylation sites (N-methyl/N-ethyl adjacent to an activating group) is 1. The fourth-order valence-corrected chi connectivity index (χ4v) is 1.91. The molecule has 0 aromatic rings. The highest BCUT2D eigenvalue weighted by atomic mass is 16.5. The van der Waals surface area contributed by atoms with Crippen LogP contribution in [0.25, 0.3) is 0 Å². The average Bonchev–Trinajstić information content (AvgIpc) is 2.67. The number of rotatable bonds is 7. The van der Waals surface area contributed by atoms with Crippen molar-refractivity contribution in [3.8, 4) is 0 Å². The van der Waals surface area contributed by atoms with E-state index in [1.54, 1.807) is 0 Å². The Labute approximate surface area is 87.2 Å². The van der Waals surface area contributed by atoms with Gasteiger partial charge in [-0.1, -0.05) is 6.92 Å². The highest BCUT2D eigenvalue weighted by Crippen LogP contribution is 2.17. The predicted octanol–water partition coefficient (Wildman–Crippen LogP) is 1.57. The number of nitrogens with one attached hydrogen (secondary N) is 1. The van der Waals surface area contributed by atoms with E-state index in [0.29, 0.717) is 12.1 Å². The summed E-state index contributed by atoms with van der Waals surface area (Å²) in [5.74, 6) is 0. The van der Waals surface area contributed by atoms with Gasteiger partial charge in [0.2, 0.25) is 0 Å². The second-order valence-electron chi connectivity index (χ2n) is 3.78. The van der Waals surface area contributed by atoms with Gasteiger partial charge in [0.25, 0.3) is 0 Å². The Bertz CT molecular complexity index is 135. The van der Waals surface area contributed by atoms with E-state index in [4.69, 9.17) is 9.47 Å². The molecular formula is C11H23NO2. The molecule has 1 heterocycles. The van der Waals surface area contributed by atoms with Gasteiger partial charge in [-0.2, -0.15) is 0 Å². The van der Waals surface area contributed by atoms with Crippen LogP contribution < -0.4 is 5.32 Å². The molecule has 2 unspecified atom stereocenters. The Morgan fingerprint density at radius 1 is 1.50 bits per heavy atom. The van der Waals surface area contributed by atoms with E-state index < -0.39 is 0 Å². The standard InChI is InChI=1S/C11H23NO2/c1-3-12-10(9-13-4-2)8-11-6-5-7-14-11/h10-12H,3-9H2,1-2H3. The number of hydrogen-bond donors (Lipinski definition) is 1. The van der Waals surface area contributed by atoms with E-state index in [1.807, 2.05) is 6.92 Å². The molecular weight excluding hydrogens is 178 g/mol. The fourth-order valence-electron chi connectivity index (χ4n) is 1.91. The summed E-state index contributed by atoms with van der Waals surface area (Å²) in [5.41, 5.74) is 0. The van der Waals surface area contributed by atoms with Crippen molar-refractivity contribution in [1.82, 2.24) is 5.32 Å². The van der Waals surface area contributed by atoms with E-state index >= 15 is 0 Å². The van der Waals surface area contributed by atoms with Gasteiger partial charge in [0, 0.05) is 19.3 Å². The van der Waals surface area contributed by atoms with Crippen LogP contribution in [0.1, 0.15) is 33.1 Å². The summed E-state index contributed by atoms with van der Waals surface area (Å²) < 4.78 is 11.1. The first-order valence-corrected chi connectivity index (χ1v) is 5.79. The Kier molecular flexibility index (Phi) is 6.15. The summed E-state index contributed by atoms with van der Waals surface area (Å²) in [6.07, 6.45) is 3.99. The zero-order chi connectivity index (χ0) is 10.2. The van der Waals surface area contributed by atoms with E-state index in [1.165, 1.54) is 12.8 Å². The van der Waals surface area contributed by atoms with Gasteiger partial charge in [-0.25, -0.2) is 0 Å². The summed E-state index contributed by atoms with van der Waals surface area (Å²) in [6.45, 7) is 7.73. The average molecular weight is 201 g/mol. The topological polar surface area (TPSA) is 30.5 Å². The Morgan fingerprint density at radius 2 is 2.36 bits per heavy atom. The van der Waals surface area contributed by atoms with Crippen LogP contribution in [0, 0.1) is 0 Å². The van der Waals surface area contributed by atoms with Crippen molar-refractivity contribution < 1.29 is 9.47 Å². The molecule has 0 bridgehead atoms. The molecule has 3 nitrogen and oxygen atoms in total. The lowest BCUT2D eigenvalue weighted by Crippen LogP contribution is -2.36. The summed E-state index contributed by atoms with van der Waals surface area (Å²) in [6, 6.07) is 0.461. The first-order valence-electron chi connectivity index (χ1n) is 5.79. The van der Waals surface area contributed by atoms with Crippen LogP contribution in [-0.2, 0) is 9.47 Å². The monoisotopic (exact) mass is 201 g/mol. The van der Waals surface area contributed by atoms with E-state index in [9.17, 15) is 0 Å². The highest BCUT2D eigenvalue weighted by Gasteiger charge is 2.20. The van der Waals surface area contributed by atoms with Gasteiger partial charge in [0.05, 0.1) is 12.7 Å². The first kappa shape index (κ1) is 12.0. The fraction of sp³-hybridized carbons (Fsp3) is 1.00. The van der Waals surface area contributed by atoms with Gasteiger partial charge >= 0.3 is 0 Å². The molecule has 0 aromatic carbocycles. The Balaban J connectivity index is 2.18. The number of hydrogen-bond acceptors (Lipinski definition) is 3. The zero-order valence-electron chi connectivity index (χ0n) is 9.42. The Morgan fingerprint density at radius 3 is 2.93 bits per heavy atom. The maximum atomic E-state index is 5.61. The molecule has 1 aliphatic heterocycles. The molecule has 0 radical (unpaired) electrons. The minimum Gasteiger partial charge on any atom is -0.380 e. The van der Waals surface area contributed by atoms with Crippen molar-refractivity contribution in [1.29, 1.82) is 0 Å². The van der Waals surface area contributed by atoms with Crippen LogP contribution in [0.5, 0.6) is 0 Å². The third kappa shape index (κ3) is 4.40. The van der Waals surface area contributed by atoms with Crippen LogP contribution in [0.2, 0.25) is 0 Å². The number of ether oxygens (including phenoxy) is 2. The molecule has 0 spiro atoms. The van der Waals surface area contributed by atoms with Crippen LogP contribution in [-0.4, -0.2) is 38.5 Å². The van der Waals surface area contributed by atoms with E-state index in [-0.39, 0.29) is 0 Å². The highest BCUT2D eigenvalue weighted by molar-refractivity contribution is 4.74. The molecule has 1 aliphatic rings. The quantitative estimate of drug-likeness (QED) is 0.678. The van der Waals surface area contributed by atoms with Crippen molar-refractivity contribution in [3.63, 3.8) is 0 Å². The second-order valence-corrected chi connectivity index (χ2v) is 3.78. The Hall–Kier alpha value is -0.120. The lowest BCUT2D eigenvalue weighted by molar-refractivity contribution is 0.0676. The van der Waals surface area contributed by atoms with Gasteiger partial charge in [-0.15, -0.1) is 0 Å². The minimum absolute atomic E-state index is 0.458. The third-order valence-electron chi connectivity index (χ3n) is 2.59. The molecule has 0 aromatic heterocycles. The van der Waals surface area contributed by atoms with Crippen LogP contribution in [0.4, 0.5) is 0 Å². The second kappa shape index (κ2) is 7.21. The molecule has 1 saturated heterocycles. The summed E-state index contributed by atoms with van der Waals surface area (Å²) >= 11 is 0. The summed E-state index contributed by atoms with van der Waals surface area (Å²) in [7, 11) is 0. The van der Waals surface area contributed by atoms with Crippen molar-refractivity contribution in [3.05, 3.63) is 0 Å². The largest absolute Gasteiger partial charge is 0.380 e. The molecule has 0 aliphatic carbocycles. The lowest BCUT2D eigenvalue weighted by Gasteiger charge is -2.20. The predicted molar refractivity (Wildman–Crippen MR) is 57.5 cm³/mol. The molecule has 1 fully saturated rings. The third-order valence-corrected chi connectivity index (χ3v) is 2.59. The van der Waals surface area contributed by atoms with Gasteiger partial charge in [-0.3, -0.25) is 0 Å². The molecule has 3 heteroatoms. The normalized spacial score (nSPS) is 24.0. The molecule has 0 amide bonds. The smallest absolute Gasteiger partial charge is 0.0620 e. The molecule has 14 heavy (non-hydrogen) atoms. The molecule has 2 atom stereocenters. The zero-order valence-corrected chi connectivity index (χ0v) is 9.42. The molecule has 0 saturated carbocycles. The van der Waals surface area contributed by atoms with Crippen molar-refractivity contribution in [2.24, 2.45) is 0 Å². The van der Waals surface area contributed by atoms with Gasteiger partial charge in [0.1, 0.15) is 0 Å². The molecule has 84 valence electrons. The van der Waals surface area contributed by atoms with Crippen LogP contribution >= 0.6 is 0 Å². The van der Waals surface area contributed by atoms with Crippen molar-refractivity contribution >= 4 is 0 Å².